The van der Waals surface area contributed by atoms with E-state index >= 15 is 0 Å². The van der Waals surface area contributed by atoms with Crippen LogP contribution in [0, 0.1) is 17.3 Å². The quantitative estimate of drug-likeness (QED) is 0.284. The Morgan fingerprint density at radius 1 is 0.917 bits per heavy atom. The van der Waals surface area contributed by atoms with E-state index < -0.39 is 5.96 Å². The zero-order chi connectivity index (χ0) is 25.8. The maximum atomic E-state index is 10.2. The Bertz CT molecular complexity index is 1230. The molecule has 0 unspecified atom stereocenters. The van der Waals surface area contributed by atoms with Gasteiger partial charge in [0.1, 0.15) is 0 Å². The molecule has 3 heteroatoms. The van der Waals surface area contributed by atoms with Crippen LogP contribution in [-0.4, -0.2) is 17.4 Å². The molecule has 1 nitrogen and oxygen atoms in total. The van der Waals surface area contributed by atoms with Gasteiger partial charge in [-0.25, -0.2) is 0 Å². The summed E-state index contributed by atoms with van der Waals surface area (Å²) in [6.45, 7) is 8.52. The van der Waals surface area contributed by atoms with Crippen LogP contribution in [0.3, 0.4) is 0 Å². The van der Waals surface area contributed by atoms with Crippen molar-refractivity contribution in [1.29, 1.82) is 0 Å². The van der Waals surface area contributed by atoms with Crippen molar-refractivity contribution in [2.75, 3.05) is 6.16 Å². The third-order valence-corrected chi connectivity index (χ3v) is 14.6. The molecular formula is C33H36ClOP. The molecule has 3 aromatic carbocycles. The van der Waals surface area contributed by atoms with Gasteiger partial charge in [-0.2, -0.15) is 0 Å². The van der Waals surface area contributed by atoms with Crippen LogP contribution in [0.4, 0.5) is 0 Å². The molecule has 1 aliphatic rings. The van der Waals surface area contributed by atoms with Crippen LogP contribution in [-0.2, 0) is 0 Å². The van der Waals surface area contributed by atoms with Crippen molar-refractivity contribution in [3.05, 3.63) is 114 Å². The van der Waals surface area contributed by atoms with Crippen molar-refractivity contribution in [3.63, 3.8) is 0 Å². The second-order valence-electron chi connectivity index (χ2n) is 10.6. The third kappa shape index (κ3) is 4.96. The molecular weight excluding hydrogens is 479 g/mol. The Morgan fingerprint density at radius 2 is 1.36 bits per heavy atom. The molecule has 4 rings (SSSR count). The summed E-state index contributed by atoms with van der Waals surface area (Å²) in [6, 6.07) is 31.6. The summed E-state index contributed by atoms with van der Waals surface area (Å²) in [5, 5.41) is 13.7. The van der Waals surface area contributed by atoms with Gasteiger partial charge in [0.2, 0.25) is 0 Å². The van der Waals surface area contributed by atoms with E-state index in [-0.39, 0.29) is 11.5 Å². The van der Waals surface area contributed by atoms with E-state index in [1.165, 1.54) is 5.57 Å². The fraction of sp³-hybridized carbons (Fsp3) is 0.273. The fourth-order valence-electron chi connectivity index (χ4n) is 5.57. The number of aliphatic hydroxyl groups excluding tert-OH is 1. The van der Waals surface area contributed by atoms with Crippen LogP contribution in [0.1, 0.15) is 40.5 Å². The number of rotatable bonds is 5. The van der Waals surface area contributed by atoms with Crippen LogP contribution in [0.15, 0.2) is 114 Å². The van der Waals surface area contributed by atoms with Gasteiger partial charge in [-0.1, -0.05) is 0 Å². The first-order valence-corrected chi connectivity index (χ1v) is 15.9. The van der Waals surface area contributed by atoms with Crippen molar-refractivity contribution in [2.24, 2.45) is 5.41 Å². The van der Waals surface area contributed by atoms with E-state index in [9.17, 15) is 5.11 Å². The molecule has 0 saturated carbocycles. The number of halogens is 1. The van der Waals surface area contributed by atoms with Crippen molar-refractivity contribution in [2.45, 2.75) is 46.6 Å². The zero-order valence-corrected chi connectivity index (χ0v) is 23.4. The Balaban J connectivity index is 1.85. The summed E-state index contributed by atoms with van der Waals surface area (Å²) < 4.78 is 0. The van der Waals surface area contributed by atoms with Crippen molar-refractivity contribution >= 4 is 33.1 Å². The van der Waals surface area contributed by atoms with Crippen LogP contribution >= 0.6 is 17.2 Å². The SMILES string of the molecule is CC1=C(C#C/C(C)=C/CP(Cl)(c2ccccc2)(c2ccccc2)c2ccccc2)C(C)(C)C[C@H](O)C1. The topological polar surface area (TPSA) is 20.2 Å². The van der Waals surface area contributed by atoms with E-state index in [2.05, 4.69) is 118 Å². The molecule has 0 fully saturated rings. The van der Waals surface area contributed by atoms with Gasteiger partial charge >= 0.3 is 222 Å². The van der Waals surface area contributed by atoms with Crippen LogP contribution < -0.4 is 15.9 Å². The molecule has 0 spiro atoms. The average Bonchev–Trinajstić information content (AvgIpc) is 2.88. The monoisotopic (exact) mass is 514 g/mol. The molecule has 0 saturated heterocycles. The van der Waals surface area contributed by atoms with E-state index in [1.54, 1.807) is 0 Å². The standard InChI is InChI=1S/C33H36ClOP/c1-26(20-21-32-27(2)24-28(35)25-33(32,3)4)22-23-36(34,29-14-8-5-9-15-29,30-16-10-6-11-17-30)31-18-12-7-13-19-31/h5-19,22,28,35H,23-25H2,1-4H3/b26-22+/t28-/m1/s1. The van der Waals surface area contributed by atoms with E-state index in [4.69, 9.17) is 11.2 Å². The summed E-state index contributed by atoms with van der Waals surface area (Å²) >= 11 is 8.15. The second kappa shape index (κ2) is 10.4. The Kier molecular flexibility index (Phi) is 7.64. The van der Waals surface area contributed by atoms with Gasteiger partial charge in [-0.15, -0.1) is 0 Å². The zero-order valence-electron chi connectivity index (χ0n) is 21.7. The molecule has 0 amide bonds. The maximum absolute atomic E-state index is 10.2. The molecule has 1 atom stereocenters. The molecule has 0 aromatic heterocycles. The molecule has 0 aliphatic heterocycles. The number of hydrogen-bond acceptors (Lipinski definition) is 1. The van der Waals surface area contributed by atoms with Gasteiger partial charge in [-0.3, -0.25) is 0 Å². The molecule has 3 aromatic rings. The van der Waals surface area contributed by atoms with Crippen LogP contribution in [0.25, 0.3) is 0 Å². The molecule has 0 bridgehead atoms. The van der Waals surface area contributed by atoms with Gasteiger partial charge in [0.15, 0.2) is 0 Å². The average molecular weight is 515 g/mol. The molecule has 0 radical (unpaired) electrons. The van der Waals surface area contributed by atoms with E-state index in [0.29, 0.717) is 12.6 Å². The molecule has 186 valence electrons. The van der Waals surface area contributed by atoms with Crippen molar-refractivity contribution < 1.29 is 5.11 Å². The molecule has 0 heterocycles. The first kappa shape index (κ1) is 26.4. The first-order chi connectivity index (χ1) is 17.1. The third-order valence-electron chi connectivity index (χ3n) is 7.40. The minimum absolute atomic E-state index is 0.126. The number of allylic oxidation sites excluding steroid dienone is 3. The molecule has 36 heavy (non-hydrogen) atoms. The summed E-state index contributed by atoms with van der Waals surface area (Å²) in [4.78, 5) is 0. The predicted molar refractivity (Wildman–Crippen MR) is 159 cm³/mol. The minimum atomic E-state index is -3.34. The van der Waals surface area contributed by atoms with Crippen LogP contribution in [0.5, 0.6) is 0 Å². The number of benzene rings is 3. The summed E-state index contributed by atoms with van der Waals surface area (Å²) in [5.74, 6) is 3.56. The first-order valence-electron chi connectivity index (χ1n) is 12.6. The molecule has 1 aliphatic carbocycles. The fourth-order valence-corrected chi connectivity index (χ4v) is 11.3. The summed E-state index contributed by atoms with van der Waals surface area (Å²) in [5.41, 5.74) is 3.22. The second-order valence-corrected chi connectivity index (χ2v) is 17.1. The van der Waals surface area contributed by atoms with Gasteiger partial charge in [0.05, 0.1) is 0 Å². The Labute approximate surface area is 221 Å². The summed E-state index contributed by atoms with van der Waals surface area (Å²) in [7, 11) is 0. The molecule has 1 N–H and O–H groups in total. The van der Waals surface area contributed by atoms with E-state index in [1.807, 2.05) is 18.2 Å². The Hall–Kier alpha value is -2.62. The van der Waals surface area contributed by atoms with Gasteiger partial charge in [0, 0.05) is 0 Å². The number of aliphatic hydroxyl groups is 1. The Morgan fingerprint density at radius 3 is 1.78 bits per heavy atom. The van der Waals surface area contributed by atoms with Crippen LogP contribution in [0.2, 0.25) is 0 Å². The normalized spacial score (nSPS) is 19.1. The van der Waals surface area contributed by atoms with E-state index in [0.717, 1.165) is 33.5 Å². The van der Waals surface area contributed by atoms with Gasteiger partial charge in [-0.05, 0) is 0 Å². The summed E-state index contributed by atoms with van der Waals surface area (Å²) in [6.07, 6.45) is 4.06. The predicted octanol–water partition coefficient (Wildman–Crippen LogP) is 7.12. The van der Waals surface area contributed by atoms with Gasteiger partial charge in [0.25, 0.3) is 0 Å². The van der Waals surface area contributed by atoms with Crippen molar-refractivity contribution in [3.8, 4) is 11.8 Å². The van der Waals surface area contributed by atoms with Crippen molar-refractivity contribution in [1.82, 2.24) is 0 Å². The number of hydrogen-bond donors (Lipinski definition) is 1. The van der Waals surface area contributed by atoms with Gasteiger partial charge < -0.3 is 0 Å².